The first-order chi connectivity index (χ1) is 9.31. The van der Waals surface area contributed by atoms with Crippen molar-refractivity contribution in [3.63, 3.8) is 0 Å². The van der Waals surface area contributed by atoms with E-state index in [0.717, 1.165) is 18.8 Å². The summed E-state index contributed by atoms with van der Waals surface area (Å²) in [7, 11) is 1.69. The van der Waals surface area contributed by atoms with Crippen molar-refractivity contribution >= 4 is 11.8 Å². The molecule has 2 aromatic rings. The summed E-state index contributed by atoms with van der Waals surface area (Å²) in [4.78, 5) is 2.48. The molecule has 3 heteroatoms. The van der Waals surface area contributed by atoms with Gasteiger partial charge in [0.05, 0.1) is 7.11 Å². The van der Waals surface area contributed by atoms with Crippen molar-refractivity contribution in [1.29, 1.82) is 0 Å². The van der Waals surface area contributed by atoms with Crippen LogP contribution >= 0.6 is 11.8 Å². The maximum absolute atomic E-state index is 5.16. The van der Waals surface area contributed by atoms with Crippen LogP contribution in [0.2, 0.25) is 0 Å². The minimum absolute atomic E-state index is 0.894. The molecule has 0 atom stereocenters. The van der Waals surface area contributed by atoms with Crippen LogP contribution in [-0.4, -0.2) is 13.7 Å². The maximum Gasteiger partial charge on any atom is 0.118 e. The minimum atomic E-state index is 0.894. The molecule has 0 bridgehead atoms. The average Bonchev–Trinajstić information content (AvgIpc) is 2.47. The number of methoxy groups -OCH3 is 1. The molecule has 2 rings (SSSR count). The monoisotopic (exact) mass is 273 g/mol. The Hall–Kier alpha value is -1.45. The molecule has 19 heavy (non-hydrogen) atoms. The fourth-order valence-corrected chi connectivity index (χ4v) is 2.54. The van der Waals surface area contributed by atoms with E-state index in [2.05, 4.69) is 48.6 Å². The lowest BCUT2D eigenvalue weighted by atomic mass is 10.2. The number of hydrogen-bond acceptors (Lipinski definition) is 3. The smallest absolute Gasteiger partial charge is 0.118 e. The summed E-state index contributed by atoms with van der Waals surface area (Å²) < 4.78 is 5.16. The van der Waals surface area contributed by atoms with E-state index in [1.807, 2.05) is 12.1 Å². The van der Waals surface area contributed by atoms with Gasteiger partial charge < -0.3 is 10.1 Å². The number of hydrogen-bond donors (Lipinski definition) is 1. The molecule has 0 aliphatic heterocycles. The summed E-state index contributed by atoms with van der Waals surface area (Å²) >= 11 is 1.76. The molecule has 0 heterocycles. The third kappa shape index (κ3) is 4.30. The van der Waals surface area contributed by atoms with Crippen LogP contribution in [0.25, 0.3) is 0 Å². The van der Waals surface area contributed by atoms with Crippen molar-refractivity contribution in [2.75, 3.05) is 13.7 Å². The van der Waals surface area contributed by atoms with Crippen molar-refractivity contribution in [3.05, 3.63) is 54.1 Å². The summed E-state index contributed by atoms with van der Waals surface area (Å²) in [5.74, 6) is 0.894. The SMILES string of the molecule is CCNCc1ccc(Sc2ccc(OC)cc2)cc1. The first kappa shape index (κ1) is 14.0. The second-order valence-electron chi connectivity index (χ2n) is 4.20. The summed E-state index contributed by atoms with van der Waals surface area (Å²) in [6.07, 6.45) is 0. The molecule has 0 amide bonds. The Morgan fingerprint density at radius 2 is 1.53 bits per heavy atom. The van der Waals surface area contributed by atoms with Gasteiger partial charge in [-0.2, -0.15) is 0 Å². The van der Waals surface area contributed by atoms with Crippen LogP contribution in [0.3, 0.4) is 0 Å². The van der Waals surface area contributed by atoms with Gasteiger partial charge in [-0.05, 0) is 48.5 Å². The third-order valence-corrected chi connectivity index (χ3v) is 3.81. The van der Waals surface area contributed by atoms with E-state index in [0.29, 0.717) is 0 Å². The van der Waals surface area contributed by atoms with E-state index in [9.17, 15) is 0 Å². The Morgan fingerprint density at radius 1 is 0.947 bits per heavy atom. The largest absolute Gasteiger partial charge is 0.497 e. The molecule has 2 nitrogen and oxygen atoms in total. The van der Waals surface area contributed by atoms with E-state index in [-0.39, 0.29) is 0 Å². The first-order valence-corrected chi connectivity index (χ1v) is 7.25. The number of benzene rings is 2. The van der Waals surface area contributed by atoms with Crippen LogP contribution in [0.5, 0.6) is 5.75 Å². The molecule has 1 N–H and O–H groups in total. The van der Waals surface area contributed by atoms with Crippen molar-refractivity contribution in [2.24, 2.45) is 0 Å². The zero-order chi connectivity index (χ0) is 13.5. The molecule has 0 spiro atoms. The highest BCUT2D eigenvalue weighted by molar-refractivity contribution is 7.99. The summed E-state index contributed by atoms with van der Waals surface area (Å²) in [5, 5.41) is 3.33. The number of rotatable bonds is 6. The second-order valence-corrected chi connectivity index (χ2v) is 5.35. The summed E-state index contributed by atoms with van der Waals surface area (Å²) in [6, 6.07) is 16.8. The highest BCUT2D eigenvalue weighted by Crippen LogP contribution is 2.29. The second kappa shape index (κ2) is 7.22. The maximum atomic E-state index is 5.16. The van der Waals surface area contributed by atoms with Crippen molar-refractivity contribution < 1.29 is 4.74 Å². The lowest BCUT2D eigenvalue weighted by molar-refractivity contribution is 0.414. The van der Waals surface area contributed by atoms with Crippen molar-refractivity contribution in [3.8, 4) is 5.75 Å². The molecule has 0 aromatic heterocycles. The van der Waals surface area contributed by atoms with Gasteiger partial charge in [0.2, 0.25) is 0 Å². The standard InChI is InChI=1S/C16H19NOS/c1-3-17-12-13-4-8-15(9-5-13)19-16-10-6-14(18-2)7-11-16/h4-11,17H,3,12H2,1-2H3. The van der Waals surface area contributed by atoms with Crippen LogP contribution < -0.4 is 10.1 Å². The van der Waals surface area contributed by atoms with Crippen molar-refractivity contribution in [1.82, 2.24) is 5.32 Å². The van der Waals surface area contributed by atoms with E-state index >= 15 is 0 Å². The molecule has 0 fully saturated rings. The number of nitrogens with one attached hydrogen (secondary N) is 1. The highest BCUT2D eigenvalue weighted by Gasteiger charge is 1.99. The Kier molecular flexibility index (Phi) is 5.31. The van der Waals surface area contributed by atoms with Crippen LogP contribution in [0.1, 0.15) is 12.5 Å². The fourth-order valence-electron chi connectivity index (χ4n) is 1.72. The third-order valence-electron chi connectivity index (χ3n) is 2.80. The van der Waals surface area contributed by atoms with E-state index in [4.69, 9.17) is 4.74 Å². The zero-order valence-electron chi connectivity index (χ0n) is 11.3. The molecular weight excluding hydrogens is 254 g/mol. The van der Waals surface area contributed by atoms with Gasteiger partial charge in [0.15, 0.2) is 0 Å². The molecule has 100 valence electrons. The lowest BCUT2D eigenvalue weighted by Gasteiger charge is -2.05. The van der Waals surface area contributed by atoms with Gasteiger partial charge in [-0.25, -0.2) is 0 Å². The summed E-state index contributed by atoms with van der Waals surface area (Å²) in [6.45, 7) is 4.06. The Balaban J connectivity index is 1.98. The molecule has 0 unspecified atom stereocenters. The molecule has 2 aromatic carbocycles. The normalized spacial score (nSPS) is 10.4. The topological polar surface area (TPSA) is 21.3 Å². The molecule has 0 aliphatic carbocycles. The molecule has 0 saturated heterocycles. The van der Waals surface area contributed by atoms with E-state index in [1.54, 1.807) is 18.9 Å². The van der Waals surface area contributed by atoms with Gasteiger partial charge >= 0.3 is 0 Å². The lowest BCUT2D eigenvalue weighted by Crippen LogP contribution is -2.11. The van der Waals surface area contributed by atoms with Gasteiger partial charge in [0.25, 0.3) is 0 Å². The van der Waals surface area contributed by atoms with Gasteiger partial charge in [0, 0.05) is 16.3 Å². The average molecular weight is 273 g/mol. The van der Waals surface area contributed by atoms with Crippen LogP contribution in [0.15, 0.2) is 58.3 Å². The zero-order valence-corrected chi connectivity index (χ0v) is 12.2. The molecule has 0 aliphatic rings. The van der Waals surface area contributed by atoms with E-state index < -0.39 is 0 Å². The molecular formula is C16H19NOS. The predicted octanol–water partition coefficient (Wildman–Crippen LogP) is 3.96. The Labute approximate surface area is 119 Å². The predicted molar refractivity (Wildman–Crippen MR) is 80.9 cm³/mol. The Morgan fingerprint density at radius 3 is 2.05 bits per heavy atom. The van der Waals surface area contributed by atoms with Gasteiger partial charge in [-0.3, -0.25) is 0 Å². The minimum Gasteiger partial charge on any atom is -0.497 e. The van der Waals surface area contributed by atoms with Gasteiger partial charge in [0.1, 0.15) is 5.75 Å². The van der Waals surface area contributed by atoms with Crippen LogP contribution in [0, 0.1) is 0 Å². The highest BCUT2D eigenvalue weighted by atomic mass is 32.2. The number of ether oxygens (including phenoxy) is 1. The van der Waals surface area contributed by atoms with Crippen LogP contribution in [0.4, 0.5) is 0 Å². The summed E-state index contributed by atoms with van der Waals surface area (Å²) in [5.41, 5.74) is 1.32. The molecule has 0 radical (unpaired) electrons. The van der Waals surface area contributed by atoms with Gasteiger partial charge in [-0.1, -0.05) is 30.8 Å². The van der Waals surface area contributed by atoms with E-state index in [1.165, 1.54) is 15.4 Å². The quantitative estimate of drug-likeness (QED) is 0.861. The fraction of sp³-hybridized carbons (Fsp3) is 0.250. The van der Waals surface area contributed by atoms with Crippen LogP contribution in [-0.2, 0) is 6.54 Å². The molecule has 0 saturated carbocycles. The Bertz CT molecular complexity index is 493. The first-order valence-electron chi connectivity index (χ1n) is 6.43. The van der Waals surface area contributed by atoms with Gasteiger partial charge in [-0.15, -0.1) is 0 Å². The van der Waals surface area contributed by atoms with Crippen molar-refractivity contribution in [2.45, 2.75) is 23.3 Å².